The number of hydrogen-bond acceptors (Lipinski definition) is 5. The lowest BCUT2D eigenvalue weighted by molar-refractivity contribution is 0.0522. The Balaban J connectivity index is 1.93. The second kappa shape index (κ2) is 8.03. The molecule has 0 N–H and O–H groups in total. The summed E-state index contributed by atoms with van der Waals surface area (Å²) in [6.07, 6.45) is 3.52. The van der Waals surface area contributed by atoms with E-state index in [9.17, 15) is 4.79 Å². The molecule has 0 fully saturated rings. The van der Waals surface area contributed by atoms with Gasteiger partial charge in [-0.2, -0.15) is 0 Å². The zero-order valence-corrected chi connectivity index (χ0v) is 15.0. The predicted octanol–water partition coefficient (Wildman–Crippen LogP) is 4.71. The van der Waals surface area contributed by atoms with Gasteiger partial charge >= 0.3 is 5.97 Å². The highest BCUT2D eigenvalue weighted by Crippen LogP contribution is 2.32. The van der Waals surface area contributed by atoms with E-state index in [1.54, 1.807) is 13.1 Å². The third-order valence-electron chi connectivity index (χ3n) is 3.74. The monoisotopic (exact) mass is 353 g/mol. The van der Waals surface area contributed by atoms with Crippen molar-refractivity contribution in [3.63, 3.8) is 0 Å². The summed E-state index contributed by atoms with van der Waals surface area (Å²) in [6.45, 7) is 2.62. The first-order valence-corrected chi connectivity index (χ1v) is 9.26. The van der Waals surface area contributed by atoms with Crippen LogP contribution in [0.15, 0.2) is 59.6 Å². The lowest BCUT2D eigenvalue weighted by atomic mass is 10.1. The Morgan fingerprint density at radius 1 is 1.16 bits per heavy atom. The van der Waals surface area contributed by atoms with Gasteiger partial charge in [0.1, 0.15) is 12.4 Å². The fourth-order valence-electron chi connectivity index (χ4n) is 2.55. The summed E-state index contributed by atoms with van der Waals surface area (Å²) in [4.78, 5) is 17.4. The number of rotatable bonds is 6. The molecule has 3 aromatic rings. The van der Waals surface area contributed by atoms with Gasteiger partial charge in [0.05, 0.1) is 17.7 Å². The number of carbonyl (C=O) groups excluding carboxylic acids is 1. The van der Waals surface area contributed by atoms with Crippen LogP contribution in [0.2, 0.25) is 0 Å². The van der Waals surface area contributed by atoms with Crippen molar-refractivity contribution in [1.29, 1.82) is 0 Å². The summed E-state index contributed by atoms with van der Waals surface area (Å²) in [5.41, 5.74) is 2.41. The van der Waals surface area contributed by atoms with Gasteiger partial charge in [0, 0.05) is 16.5 Å². The Morgan fingerprint density at radius 3 is 2.68 bits per heavy atom. The van der Waals surface area contributed by atoms with Gasteiger partial charge in [-0.25, -0.2) is 4.79 Å². The molecule has 0 radical (unpaired) electrons. The molecule has 0 spiro atoms. The SMILES string of the molecule is CCOC(=O)c1cnc2ccc(OCc3ccccc3)cc2c1SC. The molecule has 25 heavy (non-hydrogen) atoms. The molecule has 0 unspecified atom stereocenters. The van der Waals surface area contributed by atoms with Gasteiger partial charge in [0.2, 0.25) is 0 Å². The van der Waals surface area contributed by atoms with Crippen LogP contribution in [-0.4, -0.2) is 23.8 Å². The van der Waals surface area contributed by atoms with Crippen molar-refractivity contribution in [3.05, 3.63) is 65.9 Å². The van der Waals surface area contributed by atoms with Crippen LogP contribution in [0.4, 0.5) is 0 Å². The van der Waals surface area contributed by atoms with E-state index in [2.05, 4.69) is 4.98 Å². The Hall–Kier alpha value is -2.53. The van der Waals surface area contributed by atoms with Crippen molar-refractivity contribution >= 4 is 28.6 Å². The molecule has 0 aliphatic rings. The molecule has 2 aromatic carbocycles. The van der Waals surface area contributed by atoms with Crippen LogP contribution < -0.4 is 4.74 Å². The summed E-state index contributed by atoms with van der Waals surface area (Å²) < 4.78 is 11.0. The van der Waals surface area contributed by atoms with Gasteiger partial charge in [-0.15, -0.1) is 11.8 Å². The predicted molar refractivity (Wildman–Crippen MR) is 100 cm³/mol. The van der Waals surface area contributed by atoms with Gasteiger partial charge in [0.25, 0.3) is 0 Å². The minimum absolute atomic E-state index is 0.338. The van der Waals surface area contributed by atoms with E-state index in [1.807, 2.05) is 54.8 Å². The van der Waals surface area contributed by atoms with Crippen molar-refractivity contribution in [1.82, 2.24) is 4.98 Å². The maximum Gasteiger partial charge on any atom is 0.340 e. The summed E-state index contributed by atoms with van der Waals surface area (Å²) in [5, 5.41) is 0.892. The molecule has 5 heteroatoms. The number of nitrogens with zero attached hydrogens (tertiary/aromatic N) is 1. The highest BCUT2D eigenvalue weighted by Gasteiger charge is 2.16. The minimum atomic E-state index is -0.350. The molecule has 0 amide bonds. The summed E-state index contributed by atoms with van der Waals surface area (Å²) in [5.74, 6) is 0.395. The molecule has 0 saturated heterocycles. The van der Waals surface area contributed by atoms with Gasteiger partial charge < -0.3 is 9.47 Å². The fourth-order valence-corrected chi connectivity index (χ4v) is 3.29. The lowest BCUT2D eigenvalue weighted by Gasteiger charge is -2.12. The average Bonchev–Trinajstić information content (AvgIpc) is 2.66. The standard InChI is InChI=1S/C20H19NO3S/c1-3-23-20(22)17-12-21-18-10-9-15(11-16(18)19(17)25-2)24-13-14-7-5-4-6-8-14/h4-12H,3,13H2,1-2H3. The van der Waals surface area contributed by atoms with E-state index in [1.165, 1.54) is 11.8 Å². The first kappa shape index (κ1) is 17.3. The van der Waals surface area contributed by atoms with E-state index in [0.29, 0.717) is 18.8 Å². The van der Waals surface area contributed by atoms with Gasteiger partial charge in [0.15, 0.2) is 0 Å². The van der Waals surface area contributed by atoms with Gasteiger partial charge in [-0.1, -0.05) is 30.3 Å². The second-order valence-corrected chi connectivity index (χ2v) is 6.20. The number of thioether (sulfide) groups is 1. The highest BCUT2D eigenvalue weighted by molar-refractivity contribution is 7.99. The van der Waals surface area contributed by atoms with E-state index >= 15 is 0 Å². The molecule has 1 heterocycles. The summed E-state index contributed by atoms with van der Waals surface area (Å²) in [6, 6.07) is 15.7. The van der Waals surface area contributed by atoms with Crippen LogP contribution in [0.3, 0.4) is 0 Å². The molecule has 0 bridgehead atoms. The topological polar surface area (TPSA) is 48.4 Å². The number of fused-ring (bicyclic) bond motifs is 1. The third-order valence-corrected chi connectivity index (χ3v) is 4.59. The maximum absolute atomic E-state index is 12.2. The second-order valence-electron chi connectivity index (χ2n) is 5.38. The zero-order valence-electron chi connectivity index (χ0n) is 14.2. The first-order valence-electron chi connectivity index (χ1n) is 8.03. The minimum Gasteiger partial charge on any atom is -0.489 e. The smallest absolute Gasteiger partial charge is 0.340 e. The normalized spacial score (nSPS) is 10.6. The Kier molecular flexibility index (Phi) is 5.56. The Bertz CT molecular complexity index is 881. The lowest BCUT2D eigenvalue weighted by Crippen LogP contribution is -2.07. The molecule has 1 aromatic heterocycles. The van der Waals surface area contributed by atoms with Crippen LogP contribution in [0, 0.1) is 0 Å². The molecule has 0 aliphatic heterocycles. The van der Waals surface area contributed by atoms with Crippen LogP contribution in [0.1, 0.15) is 22.8 Å². The van der Waals surface area contributed by atoms with Gasteiger partial charge in [-0.3, -0.25) is 4.98 Å². The number of benzene rings is 2. The Labute approximate surface area is 151 Å². The number of esters is 1. The molecule has 3 rings (SSSR count). The zero-order chi connectivity index (χ0) is 17.6. The summed E-state index contributed by atoms with van der Waals surface area (Å²) in [7, 11) is 0. The molecule has 128 valence electrons. The Morgan fingerprint density at radius 2 is 1.96 bits per heavy atom. The van der Waals surface area contributed by atoms with E-state index in [4.69, 9.17) is 9.47 Å². The molecule has 4 nitrogen and oxygen atoms in total. The molecule has 0 aliphatic carbocycles. The van der Waals surface area contributed by atoms with Crippen LogP contribution >= 0.6 is 11.8 Å². The van der Waals surface area contributed by atoms with Crippen molar-refractivity contribution in [2.24, 2.45) is 0 Å². The molecular weight excluding hydrogens is 334 g/mol. The van der Waals surface area contributed by atoms with Crippen molar-refractivity contribution in [2.45, 2.75) is 18.4 Å². The first-order chi connectivity index (χ1) is 12.2. The number of hydrogen-bond donors (Lipinski definition) is 0. The maximum atomic E-state index is 12.2. The fraction of sp³-hybridized carbons (Fsp3) is 0.200. The molecule has 0 saturated carbocycles. The summed E-state index contributed by atoms with van der Waals surface area (Å²) >= 11 is 1.51. The van der Waals surface area contributed by atoms with E-state index in [0.717, 1.165) is 27.1 Å². The average molecular weight is 353 g/mol. The number of ether oxygens (including phenoxy) is 2. The van der Waals surface area contributed by atoms with Crippen LogP contribution in [0.25, 0.3) is 10.9 Å². The van der Waals surface area contributed by atoms with E-state index < -0.39 is 0 Å². The quantitative estimate of drug-likeness (QED) is 0.474. The number of carbonyl (C=O) groups is 1. The van der Waals surface area contributed by atoms with Crippen molar-refractivity contribution in [3.8, 4) is 5.75 Å². The molecule has 0 atom stereocenters. The highest BCUT2D eigenvalue weighted by atomic mass is 32.2. The molecular formula is C20H19NO3S. The van der Waals surface area contributed by atoms with Crippen molar-refractivity contribution < 1.29 is 14.3 Å². The number of aromatic nitrogens is 1. The van der Waals surface area contributed by atoms with Gasteiger partial charge in [-0.05, 0) is 36.9 Å². The number of pyridine rings is 1. The van der Waals surface area contributed by atoms with Crippen LogP contribution in [0.5, 0.6) is 5.75 Å². The van der Waals surface area contributed by atoms with Crippen molar-refractivity contribution in [2.75, 3.05) is 12.9 Å². The largest absolute Gasteiger partial charge is 0.489 e. The van der Waals surface area contributed by atoms with E-state index in [-0.39, 0.29) is 5.97 Å². The van der Waals surface area contributed by atoms with Crippen LogP contribution in [-0.2, 0) is 11.3 Å². The third kappa shape index (κ3) is 3.94.